The number of hydrogen-bond acceptors (Lipinski definition) is 7. The summed E-state index contributed by atoms with van der Waals surface area (Å²) >= 11 is 0. The third kappa shape index (κ3) is 2.63. The van der Waals surface area contributed by atoms with Crippen LogP contribution in [0.15, 0.2) is 30.3 Å². The fourth-order valence-electron chi connectivity index (χ4n) is 1.45. The van der Waals surface area contributed by atoms with E-state index in [1.807, 2.05) is 0 Å². The van der Waals surface area contributed by atoms with Gasteiger partial charge in [0.1, 0.15) is 5.76 Å². The van der Waals surface area contributed by atoms with Gasteiger partial charge >= 0.3 is 0 Å². The van der Waals surface area contributed by atoms with Gasteiger partial charge in [-0.2, -0.15) is 5.48 Å². The molecule has 7 nitrogen and oxygen atoms in total. The van der Waals surface area contributed by atoms with Gasteiger partial charge in [0.15, 0.2) is 16.9 Å². The second-order valence-electron chi connectivity index (χ2n) is 3.41. The van der Waals surface area contributed by atoms with Gasteiger partial charge in [-0.15, -0.1) is 4.91 Å². The van der Waals surface area contributed by atoms with Crippen LogP contribution in [-0.2, 0) is 19.3 Å². The van der Waals surface area contributed by atoms with E-state index in [2.05, 4.69) is 28.8 Å². The first-order valence-corrected chi connectivity index (χ1v) is 4.85. The van der Waals surface area contributed by atoms with E-state index in [1.54, 1.807) is 0 Å². The fourth-order valence-corrected chi connectivity index (χ4v) is 1.45. The SMILES string of the molecule is C=CC1(ONCC(=C)ON=O)C(=O)CCC1=O. The van der Waals surface area contributed by atoms with Gasteiger partial charge in [-0.25, -0.2) is 0 Å². The molecule has 0 bridgehead atoms. The van der Waals surface area contributed by atoms with Gasteiger partial charge in [0.25, 0.3) is 0 Å². The number of nitrogens with one attached hydrogen (secondary N) is 1. The Kier molecular flexibility index (Phi) is 4.24. The second kappa shape index (κ2) is 5.46. The van der Waals surface area contributed by atoms with Crippen molar-refractivity contribution in [2.75, 3.05) is 6.54 Å². The molecule has 0 unspecified atom stereocenters. The molecule has 1 aliphatic carbocycles. The molecule has 0 aromatic rings. The van der Waals surface area contributed by atoms with Crippen molar-refractivity contribution in [3.8, 4) is 0 Å². The van der Waals surface area contributed by atoms with Crippen LogP contribution in [0.3, 0.4) is 0 Å². The van der Waals surface area contributed by atoms with Crippen LogP contribution in [-0.4, -0.2) is 23.7 Å². The van der Waals surface area contributed by atoms with Crippen molar-refractivity contribution in [2.45, 2.75) is 18.4 Å². The number of hydrogen-bond donors (Lipinski definition) is 1. The summed E-state index contributed by atoms with van der Waals surface area (Å²) < 4.78 is 0. The summed E-state index contributed by atoms with van der Waals surface area (Å²) in [4.78, 5) is 42.0. The van der Waals surface area contributed by atoms with E-state index in [9.17, 15) is 14.5 Å². The summed E-state index contributed by atoms with van der Waals surface area (Å²) in [6.07, 6.45) is 1.40. The summed E-state index contributed by atoms with van der Waals surface area (Å²) in [6.45, 7) is 6.68. The molecular weight excluding hydrogens is 228 g/mol. The first-order valence-electron chi connectivity index (χ1n) is 4.85. The third-order valence-electron chi connectivity index (χ3n) is 2.36. The molecule has 17 heavy (non-hydrogen) atoms. The molecule has 0 atom stereocenters. The van der Waals surface area contributed by atoms with Crippen molar-refractivity contribution in [1.82, 2.24) is 5.48 Å². The Morgan fingerprint density at radius 3 is 2.53 bits per heavy atom. The maximum atomic E-state index is 11.6. The monoisotopic (exact) mass is 240 g/mol. The van der Waals surface area contributed by atoms with Crippen molar-refractivity contribution in [2.24, 2.45) is 5.34 Å². The van der Waals surface area contributed by atoms with E-state index >= 15 is 0 Å². The number of nitrogens with zero attached hydrogens (tertiary/aromatic N) is 1. The van der Waals surface area contributed by atoms with Gasteiger partial charge in [-0.3, -0.25) is 14.4 Å². The summed E-state index contributed by atoms with van der Waals surface area (Å²) in [7, 11) is 0. The maximum absolute atomic E-state index is 11.6. The number of Topliss-reactive ketones (excluding diaryl/α,β-unsaturated/α-hetero) is 2. The lowest BCUT2D eigenvalue weighted by Crippen LogP contribution is -2.46. The Bertz CT molecular complexity index is 361. The van der Waals surface area contributed by atoms with Crippen LogP contribution < -0.4 is 5.48 Å². The van der Waals surface area contributed by atoms with Crippen molar-refractivity contribution in [3.05, 3.63) is 29.9 Å². The lowest BCUT2D eigenvalue weighted by molar-refractivity contribution is -0.154. The van der Waals surface area contributed by atoms with E-state index in [-0.39, 0.29) is 36.7 Å². The van der Waals surface area contributed by atoms with E-state index in [4.69, 9.17) is 4.84 Å². The molecule has 92 valence electrons. The van der Waals surface area contributed by atoms with Gasteiger partial charge in [0.2, 0.25) is 5.60 Å². The normalized spacial score (nSPS) is 17.9. The number of carbonyl (C=O) groups excluding carboxylic acids is 2. The van der Waals surface area contributed by atoms with E-state index in [1.165, 1.54) is 0 Å². The van der Waals surface area contributed by atoms with Crippen molar-refractivity contribution in [1.29, 1.82) is 0 Å². The van der Waals surface area contributed by atoms with Crippen molar-refractivity contribution in [3.63, 3.8) is 0 Å². The molecule has 1 saturated carbocycles. The fraction of sp³-hybridized carbons (Fsp3) is 0.400. The first kappa shape index (κ1) is 13.2. The minimum Gasteiger partial charge on any atom is -0.328 e. The average Bonchev–Trinajstić information content (AvgIpc) is 2.57. The highest BCUT2D eigenvalue weighted by Crippen LogP contribution is 2.26. The lowest BCUT2D eigenvalue weighted by atomic mass is 10.0. The van der Waals surface area contributed by atoms with E-state index in [0.717, 1.165) is 6.08 Å². The van der Waals surface area contributed by atoms with Crippen LogP contribution in [0.4, 0.5) is 0 Å². The molecule has 1 rings (SSSR count). The third-order valence-corrected chi connectivity index (χ3v) is 2.36. The summed E-state index contributed by atoms with van der Waals surface area (Å²) in [5.74, 6) is -0.716. The Labute approximate surface area is 97.3 Å². The molecule has 0 aromatic heterocycles. The van der Waals surface area contributed by atoms with Crippen LogP contribution in [0.2, 0.25) is 0 Å². The van der Waals surface area contributed by atoms with Crippen molar-refractivity contribution < 1.29 is 19.3 Å². The van der Waals surface area contributed by atoms with Gasteiger partial charge in [-0.1, -0.05) is 13.2 Å². The Morgan fingerprint density at radius 2 is 2.06 bits per heavy atom. The maximum Gasteiger partial charge on any atom is 0.223 e. The predicted molar refractivity (Wildman–Crippen MR) is 57.3 cm³/mol. The molecule has 0 heterocycles. The van der Waals surface area contributed by atoms with E-state index < -0.39 is 5.60 Å². The van der Waals surface area contributed by atoms with Crippen LogP contribution in [0.1, 0.15) is 12.8 Å². The zero-order chi connectivity index (χ0) is 12.9. The van der Waals surface area contributed by atoms with Crippen LogP contribution >= 0.6 is 0 Å². The summed E-state index contributed by atoms with van der Waals surface area (Å²) in [5, 5.41) is 2.15. The largest absolute Gasteiger partial charge is 0.328 e. The zero-order valence-electron chi connectivity index (χ0n) is 9.10. The predicted octanol–water partition coefficient (Wildman–Crippen LogP) is 0.576. The number of ketones is 2. The Balaban J connectivity index is 2.56. The van der Waals surface area contributed by atoms with E-state index in [0.29, 0.717) is 0 Å². The van der Waals surface area contributed by atoms with Crippen LogP contribution in [0.25, 0.3) is 0 Å². The number of carbonyl (C=O) groups is 2. The highest BCUT2D eigenvalue weighted by molar-refractivity contribution is 6.17. The molecule has 0 spiro atoms. The molecule has 0 amide bonds. The average molecular weight is 240 g/mol. The van der Waals surface area contributed by atoms with Gasteiger partial charge in [0.05, 0.1) is 6.54 Å². The van der Waals surface area contributed by atoms with Crippen LogP contribution in [0.5, 0.6) is 0 Å². The summed E-state index contributed by atoms with van der Waals surface area (Å²) in [6, 6.07) is 0. The lowest BCUT2D eigenvalue weighted by Gasteiger charge is -2.21. The minimum absolute atomic E-state index is 0.00268. The molecule has 0 saturated heterocycles. The standard InChI is InChI=1S/C10H12N2O5/c1-3-10(8(13)4-5-9(10)14)17-11-6-7(2)16-12-15/h3,11H,1-2,4-6H2. The highest BCUT2D eigenvalue weighted by Gasteiger charge is 2.49. The van der Waals surface area contributed by atoms with Crippen LogP contribution in [0, 0.1) is 4.91 Å². The molecule has 1 aliphatic rings. The highest BCUT2D eigenvalue weighted by atomic mass is 16.7. The quantitative estimate of drug-likeness (QED) is 0.230. The zero-order valence-corrected chi connectivity index (χ0v) is 9.10. The molecule has 0 aliphatic heterocycles. The second-order valence-corrected chi connectivity index (χ2v) is 3.41. The number of rotatable bonds is 7. The molecule has 1 fully saturated rings. The molecular formula is C10H12N2O5. The first-order chi connectivity index (χ1) is 8.06. The Morgan fingerprint density at radius 1 is 1.47 bits per heavy atom. The topological polar surface area (TPSA) is 94.1 Å². The summed E-state index contributed by atoms with van der Waals surface area (Å²) in [5.41, 5.74) is 0.684. The Hall–Kier alpha value is -1.86. The van der Waals surface area contributed by atoms with Gasteiger partial charge < -0.3 is 4.84 Å². The minimum atomic E-state index is -1.64. The van der Waals surface area contributed by atoms with Gasteiger partial charge in [0, 0.05) is 12.8 Å². The van der Waals surface area contributed by atoms with Crippen molar-refractivity contribution >= 4 is 11.6 Å². The molecule has 0 aromatic carbocycles. The number of hydroxylamine groups is 1. The molecule has 0 radical (unpaired) electrons. The van der Waals surface area contributed by atoms with Gasteiger partial charge in [-0.05, 0) is 6.08 Å². The molecule has 1 N–H and O–H groups in total. The molecule has 7 heteroatoms. The smallest absolute Gasteiger partial charge is 0.223 e.